The molecular formula is C25H23N5O2S. The molecule has 0 bridgehead atoms. The van der Waals surface area contributed by atoms with Gasteiger partial charge in [0.2, 0.25) is 0 Å². The second-order valence-electron chi connectivity index (χ2n) is 7.33. The van der Waals surface area contributed by atoms with Crippen LogP contribution in [0.3, 0.4) is 0 Å². The number of rotatable bonds is 8. The van der Waals surface area contributed by atoms with Gasteiger partial charge in [-0.25, -0.2) is 5.43 Å². The predicted molar refractivity (Wildman–Crippen MR) is 131 cm³/mol. The first-order valence-electron chi connectivity index (χ1n) is 10.3. The minimum absolute atomic E-state index is 0.150. The van der Waals surface area contributed by atoms with Crippen molar-refractivity contribution < 1.29 is 9.21 Å². The summed E-state index contributed by atoms with van der Waals surface area (Å²) in [4.78, 5) is 12.3. The van der Waals surface area contributed by atoms with Crippen molar-refractivity contribution in [3.63, 3.8) is 0 Å². The van der Waals surface area contributed by atoms with Crippen LogP contribution in [0.1, 0.15) is 18.2 Å². The zero-order chi connectivity index (χ0) is 23.0. The molecule has 0 fully saturated rings. The number of nitrogens with zero attached hydrogens (tertiary/aromatic N) is 4. The first-order chi connectivity index (χ1) is 16.1. The predicted octanol–water partition coefficient (Wildman–Crippen LogP) is 5.13. The standard InChI is InChI=1S/C25H23N5O2S/c1-18-10-12-21(13-11-18)30-24(20-7-4-3-5-8-20)28-29-25(30)33-17-23(31)27-26-16-19(2)15-22-9-6-14-32-22/h3-16H,17H2,1-2H3,(H,27,31). The molecule has 33 heavy (non-hydrogen) atoms. The highest BCUT2D eigenvalue weighted by Crippen LogP contribution is 2.28. The Morgan fingerprint density at radius 2 is 1.88 bits per heavy atom. The number of furan rings is 1. The van der Waals surface area contributed by atoms with Gasteiger partial charge in [-0.1, -0.05) is 59.8 Å². The van der Waals surface area contributed by atoms with Gasteiger partial charge < -0.3 is 4.42 Å². The van der Waals surface area contributed by atoms with Crippen LogP contribution in [-0.2, 0) is 4.79 Å². The Kier molecular flexibility index (Phi) is 7.16. The highest BCUT2D eigenvalue weighted by molar-refractivity contribution is 7.99. The average Bonchev–Trinajstić information content (AvgIpc) is 3.49. The second kappa shape index (κ2) is 10.6. The molecule has 8 heteroatoms. The first kappa shape index (κ1) is 22.3. The number of thioether (sulfide) groups is 1. The van der Waals surface area contributed by atoms with E-state index < -0.39 is 0 Å². The number of nitrogens with one attached hydrogen (secondary N) is 1. The summed E-state index contributed by atoms with van der Waals surface area (Å²) in [5.74, 6) is 1.36. The van der Waals surface area contributed by atoms with E-state index in [1.807, 2.05) is 91.2 Å². The maximum absolute atomic E-state index is 12.3. The molecule has 0 spiro atoms. The molecule has 1 amide bonds. The van der Waals surface area contributed by atoms with Gasteiger partial charge in [0.15, 0.2) is 11.0 Å². The van der Waals surface area contributed by atoms with E-state index in [0.717, 1.165) is 34.0 Å². The Hall–Kier alpha value is -3.91. The van der Waals surface area contributed by atoms with Crippen molar-refractivity contribution in [2.24, 2.45) is 5.10 Å². The average molecular weight is 458 g/mol. The molecule has 0 radical (unpaired) electrons. The SMILES string of the molecule is CC(C=NNC(=O)CSc1nnc(-c2ccccc2)n1-c1ccc(C)cc1)=Cc1ccco1. The number of carbonyl (C=O) groups excluding carboxylic acids is 1. The quantitative estimate of drug-likeness (QED) is 0.225. The van der Waals surface area contributed by atoms with Gasteiger partial charge in [0.25, 0.3) is 5.91 Å². The van der Waals surface area contributed by atoms with Crippen molar-refractivity contribution in [1.82, 2.24) is 20.2 Å². The van der Waals surface area contributed by atoms with Gasteiger partial charge in [-0.15, -0.1) is 10.2 Å². The van der Waals surface area contributed by atoms with E-state index in [1.165, 1.54) is 11.8 Å². The number of hydrazone groups is 1. The lowest BCUT2D eigenvalue weighted by molar-refractivity contribution is -0.118. The molecule has 0 aliphatic carbocycles. The summed E-state index contributed by atoms with van der Waals surface area (Å²) in [6, 6.07) is 21.6. The first-order valence-corrected chi connectivity index (χ1v) is 11.3. The van der Waals surface area contributed by atoms with Gasteiger partial charge in [0, 0.05) is 11.3 Å². The minimum atomic E-state index is -0.234. The summed E-state index contributed by atoms with van der Waals surface area (Å²) in [5, 5.41) is 13.4. The number of amides is 1. The number of benzene rings is 2. The minimum Gasteiger partial charge on any atom is -0.465 e. The van der Waals surface area contributed by atoms with Crippen LogP contribution in [0.2, 0.25) is 0 Å². The second-order valence-corrected chi connectivity index (χ2v) is 8.27. The molecular weight excluding hydrogens is 434 g/mol. The summed E-state index contributed by atoms with van der Waals surface area (Å²) in [5.41, 5.74) is 6.45. The number of hydrogen-bond donors (Lipinski definition) is 1. The summed E-state index contributed by atoms with van der Waals surface area (Å²) in [7, 11) is 0. The molecule has 0 unspecified atom stereocenters. The zero-order valence-electron chi connectivity index (χ0n) is 18.3. The molecule has 0 saturated heterocycles. The van der Waals surface area contributed by atoms with Crippen LogP contribution < -0.4 is 5.43 Å². The van der Waals surface area contributed by atoms with Gasteiger partial charge in [-0.2, -0.15) is 5.10 Å². The number of aromatic nitrogens is 3. The fourth-order valence-corrected chi connectivity index (χ4v) is 3.81. The molecule has 1 N–H and O–H groups in total. The largest absolute Gasteiger partial charge is 0.465 e. The third-order valence-corrected chi connectivity index (χ3v) is 5.59. The maximum atomic E-state index is 12.3. The van der Waals surface area contributed by atoms with Crippen LogP contribution in [0.15, 0.2) is 93.2 Å². The summed E-state index contributed by atoms with van der Waals surface area (Å²) in [6.07, 6.45) is 5.01. The van der Waals surface area contributed by atoms with Crippen molar-refractivity contribution in [3.8, 4) is 17.1 Å². The van der Waals surface area contributed by atoms with Gasteiger partial charge in [0.1, 0.15) is 5.76 Å². The summed E-state index contributed by atoms with van der Waals surface area (Å²) in [6.45, 7) is 3.92. The number of carbonyl (C=O) groups is 1. The lowest BCUT2D eigenvalue weighted by Crippen LogP contribution is -2.20. The number of hydrogen-bond acceptors (Lipinski definition) is 6. The van der Waals surface area contributed by atoms with Crippen LogP contribution in [0.4, 0.5) is 0 Å². The van der Waals surface area contributed by atoms with Crippen LogP contribution in [-0.4, -0.2) is 32.6 Å². The van der Waals surface area contributed by atoms with E-state index in [4.69, 9.17) is 4.42 Å². The van der Waals surface area contributed by atoms with Gasteiger partial charge in [-0.05, 0) is 49.8 Å². The molecule has 4 aromatic rings. The Morgan fingerprint density at radius 1 is 1.09 bits per heavy atom. The van der Waals surface area contributed by atoms with Crippen LogP contribution in [0.5, 0.6) is 0 Å². The normalized spacial score (nSPS) is 11.8. The van der Waals surface area contributed by atoms with Crippen molar-refractivity contribution in [3.05, 3.63) is 89.9 Å². The molecule has 0 saturated carbocycles. The van der Waals surface area contributed by atoms with E-state index in [1.54, 1.807) is 12.5 Å². The molecule has 2 aromatic carbocycles. The topological polar surface area (TPSA) is 85.3 Å². The Labute approximate surface area is 196 Å². The van der Waals surface area contributed by atoms with E-state index in [0.29, 0.717) is 5.16 Å². The van der Waals surface area contributed by atoms with Gasteiger partial charge >= 0.3 is 0 Å². The Morgan fingerprint density at radius 3 is 2.61 bits per heavy atom. The van der Waals surface area contributed by atoms with E-state index >= 15 is 0 Å². The number of aryl methyl sites for hydroxylation is 1. The summed E-state index contributed by atoms with van der Waals surface area (Å²) >= 11 is 1.31. The van der Waals surface area contributed by atoms with Crippen LogP contribution in [0, 0.1) is 6.92 Å². The molecule has 4 rings (SSSR count). The fourth-order valence-electron chi connectivity index (χ4n) is 3.07. The monoisotopic (exact) mass is 457 g/mol. The third-order valence-electron chi connectivity index (χ3n) is 4.66. The van der Waals surface area contributed by atoms with Crippen LogP contribution in [0.25, 0.3) is 23.2 Å². The van der Waals surface area contributed by atoms with Crippen molar-refractivity contribution >= 4 is 30.0 Å². The molecule has 2 heterocycles. The van der Waals surface area contributed by atoms with Crippen molar-refractivity contribution in [2.45, 2.75) is 19.0 Å². The Bertz CT molecular complexity index is 1260. The molecule has 7 nitrogen and oxygen atoms in total. The van der Waals surface area contributed by atoms with E-state index in [-0.39, 0.29) is 11.7 Å². The van der Waals surface area contributed by atoms with E-state index in [9.17, 15) is 4.79 Å². The fraction of sp³-hybridized carbons (Fsp3) is 0.120. The zero-order valence-corrected chi connectivity index (χ0v) is 19.1. The molecule has 166 valence electrons. The molecule has 2 aromatic heterocycles. The third kappa shape index (κ3) is 5.87. The van der Waals surface area contributed by atoms with Crippen molar-refractivity contribution in [2.75, 3.05) is 5.75 Å². The molecule has 0 atom stereocenters. The van der Waals surface area contributed by atoms with E-state index in [2.05, 4.69) is 20.7 Å². The lowest BCUT2D eigenvalue weighted by Gasteiger charge is -2.10. The summed E-state index contributed by atoms with van der Waals surface area (Å²) < 4.78 is 7.23. The highest BCUT2D eigenvalue weighted by Gasteiger charge is 2.17. The van der Waals surface area contributed by atoms with Gasteiger partial charge in [0.05, 0.1) is 18.2 Å². The van der Waals surface area contributed by atoms with Crippen LogP contribution >= 0.6 is 11.8 Å². The number of allylic oxidation sites excluding steroid dienone is 1. The molecule has 0 aliphatic rings. The van der Waals surface area contributed by atoms with Crippen molar-refractivity contribution in [1.29, 1.82) is 0 Å². The maximum Gasteiger partial charge on any atom is 0.250 e. The smallest absolute Gasteiger partial charge is 0.250 e. The highest BCUT2D eigenvalue weighted by atomic mass is 32.2. The van der Waals surface area contributed by atoms with Gasteiger partial charge in [-0.3, -0.25) is 9.36 Å². The molecule has 0 aliphatic heterocycles. The lowest BCUT2D eigenvalue weighted by atomic mass is 10.2. The Balaban J connectivity index is 1.46.